The lowest BCUT2D eigenvalue weighted by Gasteiger charge is -2.27. The second kappa shape index (κ2) is 10.4. The van der Waals surface area contributed by atoms with Crippen molar-refractivity contribution < 1.29 is 4.79 Å². The molecule has 1 amide bonds. The van der Waals surface area contributed by atoms with E-state index in [2.05, 4.69) is 42.9 Å². The smallest absolute Gasteiger partial charge is 0.257 e. The summed E-state index contributed by atoms with van der Waals surface area (Å²) >= 11 is 0. The van der Waals surface area contributed by atoms with Crippen LogP contribution in [-0.4, -0.2) is 40.1 Å². The van der Waals surface area contributed by atoms with Gasteiger partial charge < -0.3 is 10.6 Å². The Morgan fingerprint density at radius 1 is 1.03 bits per heavy atom. The van der Waals surface area contributed by atoms with Crippen molar-refractivity contribution in [3.8, 4) is 0 Å². The summed E-state index contributed by atoms with van der Waals surface area (Å²) in [5, 5.41) is 2.96. The van der Waals surface area contributed by atoms with E-state index in [9.17, 15) is 4.79 Å². The summed E-state index contributed by atoms with van der Waals surface area (Å²) in [6.07, 6.45) is 0.771. The number of rotatable bonds is 10. The van der Waals surface area contributed by atoms with Gasteiger partial charge in [0.05, 0.1) is 0 Å². The molecular weight excluding hydrogens is 388 g/mol. The van der Waals surface area contributed by atoms with Crippen molar-refractivity contribution in [2.24, 2.45) is 17.6 Å². The lowest BCUT2D eigenvalue weighted by Crippen LogP contribution is -2.32. The van der Waals surface area contributed by atoms with E-state index >= 15 is 0 Å². The van der Waals surface area contributed by atoms with Crippen molar-refractivity contribution in [1.29, 1.82) is 0 Å². The number of nitrogens with zero attached hydrogens (tertiary/aromatic N) is 4. The fraction of sp³-hybridized carbons (Fsp3) is 0.458. The molecule has 0 saturated heterocycles. The molecule has 0 fully saturated rings. The molecular formula is C24H34N6O. The van der Waals surface area contributed by atoms with Crippen molar-refractivity contribution in [2.45, 2.75) is 40.7 Å². The first-order valence-electron chi connectivity index (χ1n) is 11.1. The molecule has 0 saturated carbocycles. The number of carbonyl (C=O) groups is 1. The zero-order valence-electron chi connectivity index (χ0n) is 19.0. The summed E-state index contributed by atoms with van der Waals surface area (Å²) in [5.74, 6) is 2.30. The van der Waals surface area contributed by atoms with Crippen LogP contribution in [0.5, 0.6) is 0 Å². The number of nitrogens with one attached hydrogen (secondary N) is 1. The lowest BCUT2D eigenvalue weighted by atomic mass is 10.1. The third-order valence-electron chi connectivity index (χ3n) is 4.92. The first-order valence-corrected chi connectivity index (χ1v) is 11.1. The first-order chi connectivity index (χ1) is 14.9. The summed E-state index contributed by atoms with van der Waals surface area (Å²) in [6, 6.07) is 13.2. The highest BCUT2D eigenvalue weighted by molar-refractivity contribution is 6.04. The molecule has 0 bridgehead atoms. The second-order valence-corrected chi connectivity index (χ2v) is 8.75. The van der Waals surface area contributed by atoms with E-state index in [0.717, 1.165) is 36.5 Å². The monoisotopic (exact) mass is 422 g/mol. The number of benzene rings is 1. The minimum Gasteiger partial charge on any atom is -0.356 e. The normalized spacial score (nSPS) is 11.5. The average molecular weight is 423 g/mol. The minimum atomic E-state index is -0.189. The Hall–Kier alpha value is -2.93. The molecule has 0 aliphatic heterocycles. The highest BCUT2D eigenvalue weighted by atomic mass is 16.1. The van der Waals surface area contributed by atoms with Gasteiger partial charge in [-0.3, -0.25) is 14.7 Å². The molecule has 7 heteroatoms. The van der Waals surface area contributed by atoms with Gasteiger partial charge >= 0.3 is 0 Å². The van der Waals surface area contributed by atoms with Crippen LogP contribution in [-0.2, 0) is 6.54 Å². The third-order valence-corrected chi connectivity index (χ3v) is 4.92. The highest BCUT2D eigenvalue weighted by Gasteiger charge is 2.18. The van der Waals surface area contributed by atoms with Crippen LogP contribution in [0.4, 0.5) is 11.8 Å². The molecule has 1 aromatic carbocycles. The number of imidazole rings is 1. The molecule has 0 aliphatic rings. The van der Waals surface area contributed by atoms with Crippen LogP contribution in [0.3, 0.4) is 0 Å². The lowest BCUT2D eigenvalue weighted by molar-refractivity contribution is 0.102. The van der Waals surface area contributed by atoms with E-state index in [1.807, 2.05) is 34.9 Å². The van der Waals surface area contributed by atoms with Gasteiger partial charge in [0, 0.05) is 25.2 Å². The fourth-order valence-electron chi connectivity index (χ4n) is 3.63. The maximum absolute atomic E-state index is 12.7. The van der Waals surface area contributed by atoms with Crippen molar-refractivity contribution >= 4 is 28.8 Å². The standard InChI is InChI=1S/C24H34N6O/c1-17(2)15-29(16-18(3)4)21-12-11-20-22(27-21)30(14-8-13-25)24(26-20)28-23(31)19-9-6-5-7-10-19/h5-7,9-12,17-18H,8,13-16,25H2,1-4H3,(H,26,28,31). The van der Waals surface area contributed by atoms with Crippen molar-refractivity contribution in [3.63, 3.8) is 0 Å². The molecule has 3 rings (SSSR count). The molecule has 3 N–H and O–H groups in total. The Morgan fingerprint density at radius 2 is 1.71 bits per heavy atom. The molecule has 2 aromatic heterocycles. The molecule has 0 atom stereocenters. The first kappa shape index (κ1) is 22.7. The third kappa shape index (κ3) is 5.82. The van der Waals surface area contributed by atoms with E-state index in [4.69, 9.17) is 10.7 Å². The number of carbonyl (C=O) groups excluding carboxylic acids is 1. The van der Waals surface area contributed by atoms with Crippen molar-refractivity contribution in [1.82, 2.24) is 14.5 Å². The van der Waals surface area contributed by atoms with Gasteiger partial charge in [-0.05, 0) is 49.1 Å². The predicted octanol–water partition coefficient (Wildman–Crippen LogP) is 4.15. The largest absolute Gasteiger partial charge is 0.356 e. The SMILES string of the molecule is CC(C)CN(CC(C)C)c1ccc2nc(NC(=O)c3ccccc3)n(CCCN)c2n1. The molecule has 0 unspecified atom stereocenters. The minimum absolute atomic E-state index is 0.189. The number of pyridine rings is 1. The highest BCUT2D eigenvalue weighted by Crippen LogP contribution is 2.24. The number of hydrogen-bond acceptors (Lipinski definition) is 5. The van der Waals surface area contributed by atoms with Gasteiger partial charge in [0.15, 0.2) is 5.65 Å². The summed E-state index contributed by atoms with van der Waals surface area (Å²) < 4.78 is 1.97. The van der Waals surface area contributed by atoms with Crippen LogP contribution in [0.15, 0.2) is 42.5 Å². The summed E-state index contributed by atoms with van der Waals surface area (Å²) in [6.45, 7) is 11.9. The van der Waals surface area contributed by atoms with E-state index in [1.165, 1.54) is 0 Å². The van der Waals surface area contributed by atoms with Crippen molar-refractivity contribution in [2.75, 3.05) is 29.9 Å². The van der Waals surface area contributed by atoms with Gasteiger partial charge in [-0.1, -0.05) is 45.9 Å². The van der Waals surface area contributed by atoms with E-state index in [0.29, 0.717) is 36.4 Å². The molecule has 2 heterocycles. The van der Waals surface area contributed by atoms with E-state index < -0.39 is 0 Å². The van der Waals surface area contributed by atoms with Crippen LogP contribution in [0.2, 0.25) is 0 Å². The molecule has 0 radical (unpaired) electrons. The van der Waals surface area contributed by atoms with Crippen LogP contribution < -0.4 is 16.0 Å². The van der Waals surface area contributed by atoms with Gasteiger partial charge in [-0.15, -0.1) is 0 Å². The summed E-state index contributed by atoms with van der Waals surface area (Å²) in [5.41, 5.74) is 7.89. The molecule has 7 nitrogen and oxygen atoms in total. The Labute approximate surface area is 184 Å². The van der Waals surface area contributed by atoms with Crippen molar-refractivity contribution in [3.05, 3.63) is 48.0 Å². The molecule has 166 valence electrons. The zero-order chi connectivity index (χ0) is 22.4. The maximum Gasteiger partial charge on any atom is 0.257 e. The number of fused-ring (bicyclic) bond motifs is 1. The van der Waals surface area contributed by atoms with Crippen LogP contribution in [0.25, 0.3) is 11.2 Å². The topological polar surface area (TPSA) is 89.1 Å². The van der Waals surface area contributed by atoms with Gasteiger partial charge in [0.25, 0.3) is 5.91 Å². The van der Waals surface area contributed by atoms with Gasteiger partial charge in [-0.2, -0.15) is 0 Å². The van der Waals surface area contributed by atoms with Crippen LogP contribution in [0.1, 0.15) is 44.5 Å². The van der Waals surface area contributed by atoms with E-state index in [-0.39, 0.29) is 5.91 Å². The number of nitrogens with two attached hydrogens (primary N) is 1. The fourth-order valence-corrected chi connectivity index (χ4v) is 3.63. The number of aryl methyl sites for hydroxylation is 1. The average Bonchev–Trinajstić information content (AvgIpc) is 3.07. The summed E-state index contributed by atoms with van der Waals surface area (Å²) in [7, 11) is 0. The van der Waals surface area contributed by atoms with E-state index in [1.54, 1.807) is 12.1 Å². The zero-order valence-corrected chi connectivity index (χ0v) is 19.0. The Balaban J connectivity index is 1.98. The predicted molar refractivity (Wildman–Crippen MR) is 127 cm³/mol. The molecule has 0 aliphatic carbocycles. The molecule has 0 spiro atoms. The Bertz CT molecular complexity index is 986. The van der Waals surface area contributed by atoms with Crippen LogP contribution >= 0.6 is 0 Å². The Kier molecular flexibility index (Phi) is 7.63. The molecule has 3 aromatic rings. The number of anilines is 2. The number of aromatic nitrogens is 3. The van der Waals surface area contributed by atoms with Gasteiger partial charge in [0.1, 0.15) is 11.3 Å². The van der Waals surface area contributed by atoms with Crippen LogP contribution in [0, 0.1) is 11.8 Å². The molecule has 31 heavy (non-hydrogen) atoms. The summed E-state index contributed by atoms with van der Waals surface area (Å²) in [4.78, 5) is 24.7. The number of amides is 1. The van der Waals surface area contributed by atoms with Gasteiger partial charge in [-0.25, -0.2) is 9.97 Å². The quantitative estimate of drug-likeness (QED) is 0.512. The van der Waals surface area contributed by atoms with Gasteiger partial charge in [0.2, 0.25) is 5.95 Å². The second-order valence-electron chi connectivity index (χ2n) is 8.75. The maximum atomic E-state index is 12.7. The number of hydrogen-bond donors (Lipinski definition) is 2. The Morgan fingerprint density at radius 3 is 2.32 bits per heavy atom.